The first-order chi connectivity index (χ1) is 13.0. The molecule has 1 atom stereocenters. The van der Waals surface area contributed by atoms with Crippen LogP contribution in [0.15, 0.2) is 22.7 Å². The molecule has 27 heavy (non-hydrogen) atoms. The highest BCUT2D eigenvalue weighted by Gasteiger charge is 2.31. The monoisotopic (exact) mass is 369 g/mol. The zero-order valence-electron chi connectivity index (χ0n) is 16.2. The minimum absolute atomic E-state index is 0.0748. The molecule has 0 spiro atoms. The van der Waals surface area contributed by atoms with E-state index in [2.05, 4.69) is 15.5 Å². The minimum Gasteiger partial charge on any atom is -0.491 e. The van der Waals surface area contributed by atoms with Crippen LogP contribution in [0.25, 0.3) is 0 Å². The van der Waals surface area contributed by atoms with Crippen molar-refractivity contribution >= 4 is 5.91 Å². The molecule has 0 radical (unpaired) electrons. The van der Waals surface area contributed by atoms with E-state index < -0.39 is 0 Å². The van der Waals surface area contributed by atoms with E-state index in [4.69, 9.17) is 9.26 Å². The fraction of sp³-hybridized carbons (Fsp3) is 0.571. The largest absolute Gasteiger partial charge is 0.491 e. The molecule has 1 aromatic heterocycles. The molecule has 6 nitrogen and oxygen atoms in total. The molecule has 144 valence electrons. The van der Waals surface area contributed by atoms with Crippen LogP contribution >= 0.6 is 0 Å². The van der Waals surface area contributed by atoms with Crippen molar-refractivity contribution in [1.29, 1.82) is 0 Å². The molecule has 4 rings (SSSR count). The molecule has 2 saturated carbocycles. The Kier molecular flexibility index (Phi) is 4.89. The zero-order chi connectivity index (χ0) is 19.0. The van der Waals surface area contributed by atoms with Crippen LogP contribution in [0.3, 0.4) is 0 Å². The smallest absolute Gasteiger partial charge is 0.252 e. The normalized spacial score (nSPS) is 17.8. The van der Waals surface area contributed by atoms with Gasteiger partial charge in [-0.05, 0) is 62.6 Å². The summed E-state index contributed by atoms with van der Waals surface area (Å²) in [7, 11) is 0. The van der Waals surface area contributed by atoms with Crippen LogP contribution in [0.2, 0.25) is 0 Å². The van der Waals surface area contributed by atoms with Crippen molar-refractivity contribution in [3.63, 3.8) is 0 Å². The summed E-state index contributed by atoms with van der Waals surface area (Å²) < 4.78 is 11.1. The number of benzene rings is 1. The summed E-state index contributed by atoms with van der Waals surface area (Å²) >= 11 is 0. The van der Waals surface area contributed by atoms with Gasteiger partial charge in [-0.15, -0.1) is 0 Å². The summed E-state index contributed by atoms with van der Waals surface area (Å²) in [6, 6.07) is 5.59. The average molecular weight is 369 g/mol. The number of aromatic nitrogens is 2. The van der Waals surface area contributed by atoms with Crippen LogP contribution in [0, 0.1) is 12.8 Å². The van der Waals surface area contributed by atoms with Crippen molar-refractivity contribution in [1.82, 2.24) is 15.5 Å². The van der Waals surface area contributed by atoms with Gasteiger partial charge in [0.05, 0.1) is 12.1 Å². The number of carbonyl (C=O) groups excluding carboxylic acids is 1. The summed E-state index contributed by atoms with van der Waals surface area (Å²) in [6.45, 7) is 5.78. The highest BCUT2D eigenvalue weighted by molar-refractivity contribution is 5.95. The first kappa shape index (κ1) is 18.0. The van der Waals surface area contributed by atoms with Crippen molar-refractivity contribution in [2.45, 2.75) is 70.9 Å². The van der Waals surface area contributed by atoms with Gasteiger partial charge in [0.1, 0.15) is 5.75 Å². The highest BCUT2D eigenvalue weighted by Crippen LogP contribution is 2.45. The Labute approximate surface area is 159 Å². The summed E-state index contributed by atoms with van der Waals surface area (Å²) in [6.07, 6.45) is 5.71. The summed E-state index contributed by atoms with van der Waals surface area (Å²) in [5.41, 5.74) is 1.82. The van der Waals surface area contributed by atoms with E-state index >= 15 is 0 Å². The van der Waals surface area contributed by atoms with Crippen LogP contribution < -0.4 is 10.1 Å². The molecule has 0 saturated heterocycles. The molecule has 2 aromatic rings. The van der Waals surface area contributed by atoms with Crippen LogP contribution in [0.5, 0.6) is 5.75 Å². The molecule has 1 aromatic carbocycles. The van der Waals surface area contributed by atoms with Gasteiger partial charge in [-0.25, -0.2) is 0 Å². The van der Waals surface area contributed by atoms with E-state index in [0.29, 0.717) is 29.1 Å². The molecule has 1 amide bonds. The fourth-order valence-corrected chi connectivity index (χ4v) is 3.38. The molecule has 6 heteroatoms. The van der Waals surface area contributed by atoms with Gasteiger partial charge in [0.15, 0.2) is 5.82 Å². The summed E-state index contributed by atoms with van der Waals surface area (Å²) in [5, 5.41) is 7.12. The molecular formula is C21H27N3O3. The third-order valence-corrected chi connectivity index (χ3v) is 5.08. The predicted octanol–water partition coefficient (Wildman–Crippen LogP) is 4.31. The van der Waals surface area contributed by atoms with Crippen LogP contribution in [0.1, 0.15) is 85.5 Å². The number of hydrogen-bond acceptors (Lipinski definition) is 5. The summed E-state index contributed by atoms with van der Waals surface area (Å²) in [4.78, 5) is 17.2. The van der Waals surface area contributed by atoms with Gasteiger partial charge < -0.3 is 14.6 Å². The molecule has 0 bridgehead atoms. The predicted molar refractivity (Wildman–Crippen MR) is 101 cm³/mol. The van der Waals surface area contributed by atoms with Gasteiger partial charge in [0.25, 0.3) is 5.91 Å². The Hall–Kier alpha value is -2.37. The maximum atomic E-state index is 12.9. The lowest BCUT2D eigenvalue weighted by Gasteiger charge is -2.18. The molecular weight excluding hydrogens is 342 g/mol. The van der Waals surface area contributed by atoms with Crippen molar-refractivity contribution in [2.75, 3.05) is 0 Å². The number of rotatable bonds is 8. The maximum Gasteiger partial charge on any atom is 0.252 e. The number of aryl methyl sites for hydroxylation is 1. The Balaban J connectivity index is 1.53. The second-order valence-corrected chi connectivity index (χ2v) is 8.07. The number of carbonyl (C=O) groups is 1. The quantitative estimate of drug-likeness (QED) is 0.750. The van der Waals surface area contributed by atoms with E-state index in [1.54, 1.807) is 6.92 Å². The van der Waals surface area contributed by atoms with E-state index in [9.17, 15) is 4.79 Å². The Morgan fingerprint density at radius 1 is 1.30 bits per heavy atom. The highest BCUT2D eigenvalue weighted by atomic mass is 16.5. The molecule has 2 fully saturated rings. The first-order valence-corrected chi connectivity index (χ1v) is 9.91. The Morgan fingerprint density at radius 3 is 2.67 bits per heavy atom. The van der Waals surface area contributed by atoms with E-state index in [-0.39, 0.29) is 18.1 Å². The number of hydrogen-bond donors (Lipinski definition) is 1. The number of nitrogens with zero attached hydrogens (tertiary/aromatic N) is 2. The Morgan fingerprint density at radius 2 is 2.07 bits per heavy atom. The topological polar surface area (TPSA) is 77.2 Å². The van der Waals surface area contributed by atoms with Gasteiger partial charge in [-0.1, -0.05) is 24.1 Å². The molecule has 1 unspecified atom stereocenters. The van der Waals surface area contributed by atoms with Crippen molar-refractivity contribution < 1.29 is 14.1 Å². The van der Waals surface area contributed by atoms with E-state index in [1.165, 1.54) is 31.2 Å². The lowest BCUT2D eigenvalue weighted by Crippen LogP contribution is -2.30. The maximum absolute atomic E-state index is 12.9. The van der Waals surface area contributed by atoms with Crippen LogP contribution in [0.4, 0.5) is 0 Å². The number of ether oxygens (including phenoxy) is 1. The van der Waals surface area contributed by atoms with Crippen LogP contribution in [-0.2, 0) is 0 Å². The summed E-state index contributed by atoms with van der Waals surface area (Å²) in [5.74, 6) is 2.97. The van der Waals surface area contributed by atoms with Gasteiger partial charge in [-0.2, -0.15) is 4.98 Å². The van der Waals surface area contributed by atoms with Gasteiger partial charge >= 0.3 is 0 Å². The molecule has 1 N–H and O–H groups in total. The van der Waals surface area contributed by atoms with Crippen LogP contribution in [-0.4, -0.2) is 22.2 Å². The SMILES string of the molecule is Cc1nc(C(CC2CC2)NC(=O)c2ccc(C3CC3)c(OC(C)C)c2)no1. The standard InChI is InChI=1S/C21H27N3O3/c1-12(2)26-19-11-16(8-9-17(19)15-6-7-15)21(25)23-18(10-14-4-5-14)20-22-13(3)27-24-20/h8-9,11-12,14-15,18H,4-7,10H2,1-3H3,(H,23,25). The van der Waals surface area contributed by atoms with Crippen molar-refractivity contribution in [3.05, 3.63) is 41.0 Å². The third-order valence-electron chi connectivity index (χ3n) is 5.08. The molecule has 0 aliphatic heterocycles. The molecule has 2 aliphatic rings. The zero-order valence-corrected chi connectivity index (χ0v) is 16.2. The number of amides is 1. The average Bonchev–Trinajstić information content (AvgIpc) is 3.54. The van der Waals surface area contributed by atoms with Gasteiger partial charge in [0, 0.05) is 12.5 Å². The molecule has 2 aliphatic carbocycles. The van der Waals surface area contributed by atoms with Gasteiger partial charge in [0.2, 0.25) is 5.89 Å². The second kappa shape index (κ2) is 7.33. The first-order valence-electron chi connectivity index (χ1n) is 9.91. The van der Waals surface area contributed by atoms with Gasteiger partial charge in [-0.3, -0.25) is 4.79 Å². The fourth-order valence-electron chi connectivity index (χ4n) is 3.38. The van der Waals surface area contributed by atoms with Crippen molar-refractivity contribution in [2.24, 2.45) is 5.92 Å². The lowest BCUT2D eigenvalue weighted by molar-refractivity contribution is 0.0930. The third kappa shape index (κ3) is 4.49. The second-order valence-electron chi connectivity index (χ2n) is 8.07. The van der Waals surface area contributed by atoms with E-state index in [1.807, 2.05) is 32.0 Å². The minimum atomic E-state index is -0.222. The van der Waals surface area contributed by atoms with Crippen molar-refractivity contribution in [3.8, 4) is 5.75 Å². The lowest BCUT2D eigenvalue weighted by atomic mass is 10.0. The number of nitrogens with one attached hydrogen (secondary N) is 1. The molecule has 1 heterocycles. The van der Waals surface area contributed by atoms with E-state index in [0.717, 1.165) is 12.2 Å². The Bertz CT molecular complexity index is 822.